The number of rotatable bonds is 7. The molecule has 0 aliphatic rings. The summed E-state index contributed by atoms with van der Waals surface area (Å²) in [4.78, 5) is 0. The first-order chi connectivity index (χ1) is 13.3. The smallest absolute Gasteiger partial charge is 0.191 e. The van der Waals surface area contributed by atoms with Gasteiger partial charge >= 0.3 is 0 Å². The second-order valence-electron chi connectivity index (χ2n) is 6.35. The van der Waals surface area contributed by atoms with E-state index in [0.29, 0.717) is 0 Å². The highest BCUT2D eigenvalue weighted by molar-refractivity contribution is 7.99. The van der Waals surface area contributed by atoms with Crippen LogP contribution in [0.25, 0.3) is 11.4 Å². The Morgan fingerprint density at radius 3 is 2.26 bits per heavy atom. The van der Waals surface area contributed by atoms with Crippen LogP contribution in [-0.4, -0.2) is 20.5 Å². The minimum Gasteiger partial charge on any atom is -0.469 e. The third-order valence-corrected chi connectivity index (χ3v) is 5.43. The van der Waals surface area contributed by atoms with Gasteiger partial charge in [0.15, 0.2) is 11.0 Å². The largest absolute Gasteiger partial charge is 0.469 e. The number of nitrogens with zero attached hydrogens (tertiary/aromatic N) is 3. The molecule has 4 aromatic rings. The molecule has 0 spiro atoms. The Morgan fingerprint density at radius 1 is 0.889 bits per heavy atom. The van der Waals surface area contributed by atoms with Gasteiger partial charge in [-0.25, -0.2) is 0 Å². The van der Waals surface area contributed by atoms with Gasteiger partial charge in [-0.05, 0) is 30.5 Å². The van der Waals surface area contributed by atoms with Gasteiger partial charge in [0.25, 0.3) is 0 Å². The van der Waals surface area contributed by atoms with Crippen LogP contribution in [0.5, 0.6) is 0 Å². The van der Waals surface area contributed by atoms with E-state index in [-0.39, 0.29) is 0 Å². The van der Waals surface area contributed by atoms with Crippen LogP contribution in [0.4, 0.5) is 0 Å². The topological polar surface area (TPSA) is 43.9 Å². The molecule has 27 heavy (non-hydrogen) atoms. The van der Waals surface area contributed by atoms with Gasteiger partial charge in [-0.2, -0.15) is 0 Å². The molecule has 0 atom stereocenters. The first kappa shape index (κ1) is 17.6. The molecule has 0 amide bonds. The highest BCUT2D eigenvalue weighted by Gasteiger charge is 2.17. The summed E-state index contributed by atoms with van der Waals surface area (Å²) in [5.41, 5.74) is 3.56. The van der Waals surface area contributed by atoms with E-state index in [1.54, 1.807) is 18.0 Å². The van der Waals surface area contributed by atoms with Crippen molar-refractivity contribution in [3.05, 3.63) is 89.9 Å². The Bertz CT molecular complexity index is 993. The maximum absolute atomic E-state index is 5.48. The number of furan rings is 1. The average Bonchev–Trinajstić information content (AvgIpc) is 3.29. The summed E-state index contributed by atoms with van der Waals surface area (Å²) >= 11 is 1.74. The van der Waals surface area contributed by atoms with Crippen LogP contribution in [0, 0.1) is 6.92 Å². The molecule has 136 valence electrons. The number of thioether (sulfide) groups is 1. The molecule has 0 bridgehead atoms. The van der Waals surface area contributed by atoms with Crippen molar-refractivity contribution >= 4 is 11.8 Å². The zero-order valence-corrected chi connectivity index (χ0v) is 16.0. The van der Waals surface area contributed by atoms with Gasteiger partial charge in [0, 0.05) is 5.75 Å². The van der Waals surface area contributed by atoms with Crippen molar-refractivity contribution in [2.45, 2.75) is 25.0 Å². The van der Waals surface area contributed by atoms with Crippen LogP contribution in [0.15, 0.2) is 82.6 Å². The predicted molar refractivity (Wildman–Crippen MR) is 109 cm³/mol. The molecule has 2 heterocycles. The molecule has 4 nitrogen and oxygen atoms in total. The zero-order chi connectivity index (χ0) is 18.5. The number of aromatic nitrogens is 3. The van der Waals surface area contributed by atoms with Crippen molar-refractivity contribution in [1.29, 1.82) is 0 Å². The lowest BCUT2D eigenvalue weighted by Crippen LogP contribution is -2.04. The summed E-state index contributed by atoms with van der Waals surface area (Å²) in [6.07, 6.45) is 2.71. The third kappa shape index (κ3) is 4.14. The molecule has 0 saturated heterocycles. The second-order valence-corrected chi connectivity index (χ2v) is 7.41. The van der Waals surface area contributed by atoms with Crippen LogP contribution >= 0.6 is 11.8 Å². The first-order valence-electron chi connectivity index (χ1n) is 8.99. The number of hydrogen-bond acceptors (Lipinski definition) is 4. The Hall–Kier alpha value is -2.79. The van der Waals surface area contributed by atoms with E-state index < -0.39 is 0 Å². The van der Waals surface area contributed by atoms with Gasteiger partial charge in [-0.3, -0.25) is 4.57 Å². The summed E-state index contributed by atoms with van der Waals surface area (Å²) in [6.45, 7) is 2.69. The monoisotopic (exact) mass is 375 g/mol. The van der Waals surface area contributed by atoms with Crippen molar-refractivity contribution in [2.75, 3.05) is 5.75 Å². The summed E-state index contributed by atoms with van der Waals surface area (Å²) in [5.74, 6) is 2.67. The van der Waals surface area contributed by atoms with Crippen LogP contribution in [0.2, 0.25) is 0 Å². The lowest BCUT2D eigenvalue weighted by atomic mass is 10.2. The van der Waals surface area contributed by atoms with Gasteiger partial charge in [-0.1, -0.05) is 72.4 Å². The minimum absolute atomic E-state index is 0.738. The van der Waals surface area contributed by atoms with E-state index in [1.807, 2.05) is 25.1 Å². The number of aryl methyl sites for hydroxylation is 2. The molecule has 0 fully saturated rings. The summed E-state index contributed by atoms with van der Waals surface area (Å²) < 4.78 is 7.67. The van der Waals surface area contributed by atoms with Gasteiger partial charge in [0.05, 0.1) is 18.4 Å². The normalized spacial score (nSPS) is 11.0. The molecular formula is C22H21N3OS. The van der Waals surface area contributed by atoms with Crippen LogP contribution in [0.1, 0.15) is 16.9 Å². The van der Waals surface area contributed by atoms with Crippen molar-refractivity contribution in [3.63, 3.8) is 0 Å². The molecule has 5 heteroatoms. The average molecular weight is 375 g/mol. The number of benzene rings is 2. The van der Waals surface area contributed by atoms with Crippen LogP contribution in [0.3, 0.4) is 0 Å². The maximum atomic E-state index is 5.48. The molecule has 2 aromatic carbocycles. The first-order valence-corrected chi connectivity index (χ1v) is 9.98. The Morgan fingerprint density at radius 2 is 1.59 bits per heavy atom. The fourth-order valence-corrected chi connectivity index (χ4v) is 3.95. The summed E-state index contributed by atoms with van der Waals surface area (Å²) in [7, 11) is 0. The molecule has 2 aromatic heterocycles. The molecular weight excluding hydrogens is 354 g/mol. The maximum Gasteiger partial charge on any atom is 0.191 e. The van der Waals surface area contributed by atoms with Crippen molar-refractivity contribution < 1.29 is 4.42 Å². The summed E-state index contributed by atoms with van der Waals surface area (Å²) in [6, 6.07) is 22.9. The molecule has 0 N–H and O–H groups in total. The molecule has 0 aliphatic heterocycles. The van der Waals surface area contributed by atoms with Gasteiger partial charge in [0.1, 0.15) is 5.76 Å². The number of hydrogen-bond donors (Lipinski definition) is 0. The van der Waals surface area contributed by atoms with Crippen LogP contribution < -0.4 is 0 Å². The van der Waals surface area contributed by atoms with E-state index in [9.17, 15) is 0 Å². The van der Waals surface area contributed by atoms with E-state index in [0.717, 1.165) is 41.0 Å². The lowest BCUT2D eigenvalue weighted by Gasteiger charge is -2.10. The lowest BCUT2D eigenvalue weighted by molar-refractivity contribution is 0.534. The van der Waals surface area contributed by atoms with Crippen molar-refractivity contribution in [1.82, 2.24) is 14.8 Å². The highest BCUT2D eigenvalue weighted by Crippen LogP contribution is 2.28. The minimum atomic E-state index is 0.738. The van der Waals surface area contributed by atoms with Crippen molar-refractivity contribution in [3.8, 4) is 11.4 Å². The molecule has 0 aliphatic carbocycles. The molecule has 0 saturated carbocycles. The third-order valence-electron chi connectivity index (χ3n) is 4.46. The Balaban J connectivity index is 1.58. The van der Waals surface area contributed by atoms with Crippen LogP contribution in [-0.2, 0) is 13.0 Å². The standard InChI is InChI=1S/C22H21N3OS/c1-17-20(12-14-26-17)21-23-24-22(25(21)16-19-10-6-3-7-11-19)27-15-13-18-8-4-2-5-9-18/h2-12,14H,13,15-16H2,1H3. The SMILES string of the molecule is Cc1occc1-c1nnc(SCCc2ccccc2)n1Cc1ccccc1. The van der Waals surface area contributed by atoms with E-state index >= 15 is 0 Å². The molecule has 0 unspecified atom stereocenters. The van der Waals surface area contributed by atoms with E-state index in [2.05, 4.69) is 63.3 Å². The fourth-order valence-electron chi connectivity index (χ4n) is 3.03. The zero-order valence-electron chi connectivity index (χ0n) is 15.2. The molecule has 0 radical (unpaired) electrons. The Kier molecular flexibility index (Phi) is 5.39. The molecule has 4 rings (SSSR count). The second kappa shape index (κ2) is 8.27. The fraction of sp³-hybridized carbons (Fsp3) is 0.182. The predicted octanol–water partition coefficient (Wildman–Crippen LogP) is 5.23. The van der Waals surface area contributed by atoms with E-state index in [1.165, 1.54) is 11.1 Å². The summed E-state index contributed by atoms with van der Waals surface area (Å²) in [5, 5.41) is 9.88. The van der Waals surface area contributed by atoms with E-state index in [4.69, 9.17) is 4.42 Å². The van der Waals surface area contributed by atoms with Gasteiger partial charge < -0.3 is 4.42 Å². The quantitative estimate of drug-likeness (QED) is 0.415. The van der Waals surface area contributed by atoms with Crippen molar-refractivity contribution in [2.24, 2.45) is 0 Å². The Labute approximate surface area is 163 Å². The van der Waals surface area contributed by atoms with Gasteiger partial charge in [-0.15, -0.1) is 10.2 Å². The van der Waals surface area contributed by atoms with Gasteiger partial charge in [0.2, 0.25) is 0 Å². The highest BCUT2D eigenvalue weighted by atomic mass is 32.2.